The second-order valence-corrected chi connectivity index (χ2v) is 6.91. The number of fused-ring (bicyclic) bond motifs is 1. The van der Waals surface area contributed by atoms with Gasteiger partial charge in [0.05, 0.1) is 11.2 Å². The quantitative estimate of drug-likeness (QED) is 0.750. The van der Waals surface area contributed by atoms with Crippen LogP contribution in [0.25, 0.3) is 10.9 Å². The summed E-state index contributed by atoms with van der Waals surface area (Å²) in [6.45, 7) is 2.53. The number of amides is 1. The van der Waals surface area contributed by atoms with E-state index in [1.165, 1.54) is 12.1 Å². The highest BCUT2D eigenvalue weighted by molar-refractivity contribution is 5.86. The van der Waals surface area contributed by atoms with Crippen LogP contribution in [0.15, 0.2) is 42.5 Å². The van der Waals surface area contributed by atoms with E-state index in [0.29, 0.717) is 18.9 Å². The monoisotopic (exact) mass is 382 g/mol. The van der Waals surface area contributed by atoms with Gasteiger partial charge in [0, 0.05) is 24.0 Å². The van der Waals surface area contributed by atoms with Crippen LogP contribution in [0.5, 0.6) is 0 Å². The van der Waals surface area contributed by atoms with Crippen molar-refractivity contribution in [2.75, 3.05) is 11.4 Å². The largest absolute Gasteiger partial charge is 0.350 e. The van der Waals surface area contributed by atoms with Crippen molar-refractivity contribution in [3.05, 3.63) is 65.4 Å². The molecule has 0 radical (unpaired) electrons. The van der Waals surface area contributed by atoms with Crippen molar-refractivity contribution in [2.24, 2.45) is 0 Å². The summed E-state index contributed by atoms with van der Waals surface area (Å²) in [6.07, 6.45) is 1.49. The number of nitrogens with one attached hydrogen (secondary N) is 1. The molecular weight excluding hydrogens is 362 g/mol. The van der Waals surface area contributed by atoms with Gasteiger partial charge in [-0.05, 0) is 31.9 Å². The predicted molar refractivity (Wildman–Crippen MR) is 103 cm³/mol. The van der Waals surface area contributed by atoms with Crippen molar-refractivity contribution in [3.63, 3.8) is 0 Å². The van der Waals surface area contributed by atoms with Crippen LogP contribution < -0.4 is 10.2 Å². The summed E-state index contributed by atoms with van der Waals surface area (Å²) in [5.74, 6) is -1.57. The number of carbonyl (C=O) groups is 1. The van der Waals surface area contributed by atoms with E-state index >= 15 is 0 Å². The van der Waals surface area contributed by atoms with E-state index in [-0.39, 0.29) is 18.0 Å². The molecule has 1 aliphatic rings. The van der Waals surface area contributed by atoms with Gasteiger partial charge in [0.25, 0.3) is 0 Å². The van der Waals surface area contributed by atoms with Crippen molar-refractivity contribution in [2.45, 2.75) is 32.4 Å². The molecule has 1 aromatic heterocycles. The Bertz CT molecular complexity index is 1040. The molecule has 1 N–H and O–H groups in total. The lowest BCUT2D eigenvalue weighted by Crippen LogP contribution is -2.44. The van der Waals surface area contributed by atoms with Gasteiger partial charge in [-0.15, -0.1) is 0 Å². The molecule has 0 spiro atoms. The van der Waals surface area contributed by atoms with Crippen molar-refractivity contribution >= 4 is 22.8 Å². The van der Waals surface area contributed by atoms with Crippen LogP contribution in [0, 0.1) is 18.6 Å². The number of aromatic nitrogens is 2. The molecule has 0 aliphatic carbocycles. The Kier molecular flexibility index (Phi) is 4.90. The molecule has 4 rings (SSSR count). The average Bonchev–Trinajstić information content (AvgIpc) is 3.19. The fourth-order valence-corrected chi connectivity index (χ4v) is 3.61. The zero-order valence-electron chi connectivity index (χ0n) is 15.5. The van der Waals surface area contributed by atoms with E-state index in [1.54, 1.807) is 0 Å². The van der Waals surface area contributed by atoms with Gasteiger partial charge in [0.1, 0.15) is 6.04 Å². The highest BCUT2D eigenvalue weighted by atomic mass is 19.2. The Hall–Kier alpha value is -3.09. The molecule has 5 nitrogen and oxygen atoms in total. The number of aryl methyl sites for hydroxylation is 1. The van der Waals surface area contributed by atoms with E-state index in [2.05, 4.69) is 15.3 Å². The zero-order valence-corrected chi connectivity index (χ0v) is 15.5. The number of nitrogens with zero attached hydrogens (tertiary/aromatic N) is 3. The summed E-state index contributed by atoms with van der Waals surface area (Å²) in [7, 11) is 0. The standard InChI is InChI=1S/C21H20F2N4O/c1-13-15-7-2-3-9-17(15)26-21(25-13)27-11-5-10-18(27)20(28)24-12-14-6-4-8-16(22)19(14)23/h2-4,6-9,18H,5,10-12H2,1H3,(H,24,28). The third-order valence-corrected chi connectivity index (χ3v) is 5.08. The van der Waals surface area contributed by atoms with Crippen LogP contribution in [0.4, 0.5) is 14.7 Å². The summed E-state index contributed by atoms with van der Waals surface area (Å²) in [5.41, 5.74) is 1.81. The number of benzene rings is 2. The molecule has 1 fully saturated rings. The predicted octanol–water partition coefficient (Wildman–Crippen LogP) is 3.50. The van der Waals surface area contributed by atoms with Crippen molar-refractivity contribution < 1.29 is 13.6 Å². The first-order valence-electron chi connectivity index (χ1n) is 9.25. The highest BCUT2D eigenvalue weighted by Crippen LogP contribution is 2.26. The SMILES string of the molecule is Cc1nc(N2CCCC2C(=O)NCc2cccc(F)c2F)nc2ccccc12. The van der Waals surface area contributed by atoms with E-state index in [1.807, 2.05) is 36.1 Å². The zero-order chi connectivity index (χ0) is 19.7. The lowest BCUT2D eigenvalue weighted by atomic mass is 10.1. The Morgan fingerprint density at radius 2 is 2.00 bits per heavy atom. The minimum atomic E-state index is -0.931. The Morgan fingerprint density at radius 3 is 2.86 bits per heavy atom. The first kappa shape index (κ1) is 18.3. The van der Waals surface area contributed by atoms with Crippen LogP contribution in [0.2, 0.25) is 0 Å². The summed E-state index contributed by atoms with van der Waals surface area (Å²) in [4.78, 5) is 23.8. The Morgan fingerprint density at radius 1 is 1.18 bits per heavy atom. The van der Waals surface area contributed by atoms with Crippen molar-refractivity contribution in [1.82, 2.24) is 15.3 Å². The van der Waals surface area contributed by atoms with Crippen molar-refractivity contribution in [3.8, 4) is 0 Å². The molecule has 144 valence electrons. The summed E-state index contributed by atoms with van der Waals surface area (Å²) >= 11 is 0. The maximum Gasteiger partial charge on any atom is 0.243 e. The second-order valence-electron chi connectivity index (χ2n) is 6.91. The second kappa shape index (κ2) is 7.50. The fraction of sp³-hybridized carbons (Fsp3) is 0.286. The lowest BCUT2D eigenvalue weighted by molar-refractivity contribution is -0.122. The Balaban J connectivity index is 1.53. The maximum absolute atomic E-state index is 13.8. The van der Waals surface area contributed by atoms with Crippen molar-refractivity contribution in [1.29, 1.82) is 0 Å². The molecule has 1 saturated heterocycles. The molecule has 2 heterocycles. The summed E-state index contributed by atoms with van der Waals surface area (Å²) < 4.78 is 27.1. The van der Waals surface area contributed by atoms with E-state index in [0.717, 1.165) is 29.1 Å². The first-order chi connectivity index (χ1) is 13.5. The number of carbonyl (C=O) groups excluding carboxylic acids is 1. The molecule has 1 amide bonds. The van der Waals surface area contributed by atoms with Gasteiger partial charge in [-0.1, -0.05) is 30.3 Å². The van der Waals surface area contributed by atoms with Crippen LogP contribution >= 0.6 is 0 Å². The average molecular weight is 382 g/mol. The number of anilines is 1. The van der Waals surface area contributed by atoms with Gasteiger partial charge < -0.3 is 10.2 Å². The molecular formula is C21H20F2N4O. The van der Waals surface area contributed by atoms with Gasteiger partial charge >= 0.3 is 0 Å². The van der Waals surface area contributed by atoms with Gasteiger partial charge in [-0.2, -0.15) is 0 Å². The van der Waals surface area contributed by atoms with Crippen LogP contribution in [-0.4, -0.2) is 28.5 Å². The van der Waals surface area contributed by atoms with Gasteiger partial charge in [-0.3, -0.25) is 4.79 Å². The molecule has 28 heavy (non-hydrogen) atoms. The van der Waals surface area contributed by atoms with Crippen LogP contribution in [0.1, 0.15) is 24.1 Å². The summed E-state index contributed by atoms with van der Waals surface area (Å²) in [5, 5.41) is 3.70. The fourth-order valence-electron chi connectivity index (χ4n) is 3.61. The first-order valence-corrected chi connectivity index (χ1v) is 9.25. The third kappa shape index (κ3) is 3.40. The van der Waals surface area contributed by atoms with Crippen LogP contribution in [0.3, 0.4) is 0 Å². The molecule has 0 bridgehead atoms. The van der Waals surface area contributed by atoms with Gasteiger partial charge in [0.2, 0.25) is 11.9 Å². The van der Waals surface area contributed by atoms with Gasteiger partial charge in [-0.25, -0.2) is 18.7 Å². The smallest absolute Gasteiger partial charge is 0.243 e. The Labute approximate surface area is 161 Å². The van der Waals surface area contributed by atoms with Gasteiger partial charge in [0.15, 0.2) is 11.6 Å². The number of hydrogen-bond donors (Lipinski definition) is 1. The molecule has 3 aromatic rings. The molecule has 1 atom stereocenters. The molecule has 2 aromatic carbocycles. The number of rotatable bonds is 4. The minimum Gasteiger partial charge on any atom is -0.350 e. The number of para-hydroxylation sites is 1. The van der Waals surface area contributed by atoms with E-state index in [4.69, 9.17) is 0 Å². The lowest BCUT2D eigenvalue weighted by Gasteiger charge is -2.24. The number of hydrogen-bond acceptors (Lipinski definition) is 4. The molecule has 1 unspecified atom stereocenters. The normalized spacial score (nSPS) is 16.5. The van der Waals surface area contributed by atoms with E-state index < -0.39 is 17.7 Å². The topological polar surface area (TPSA) is 58.1 Å². The minimum absolute atomic E-state index is 0.0651. The number of halogens is 2. The molecule has 0 saturated carbocycles. The molecule has 7 heteroatoms. The summed E-state index contributed by atoms with van der Waals surface area (Å²) in [6, 6.07) is 11.3. The van der Waals surface area contributed by atoms with E-state index in [9.17, 15) is 13.6 Å². The van der Waals surface area contributed by atoms with Crippen LogP contribution in [-0.2, 0) is 11.3 Å². The maximum atomic E-state index is 13.8. The molecule has 1 aliphatic heterocycles. The highest BCUT2D eigenvalue weighted by Gasteiger charge is 2.32. The third-order valence-electron chi connectivity index (χ3n) is 5.08.